The van der Waals surface area contributed by atoms with Gasteiger partial charge in [-0.3, -0.25) is 4.79 Å². The zero-order chi connectivity index (χ0) is 22.9. The molecule has 6 nitrogen and oxygen atoms in total. The number of hydrogen-bond acceptors (Lipinski definition) is 5. The van der Waals surface area contributed by atoms with E-state index in [9.17, 15) is 9.59 Å². The van der Waals surface area contributed by atoms with Crippen molar-refractivity contribution in [1.29, 1.82) is 0 Å². The van der Waals surface area contributed by atoms with Crippen molar-refractivity contribution in [3.05, 3.63) is 94.5 Å². The second-order valence-electron chi connectivity index (χ2n) is 6.72. The fraction of sp³-hybridized carbons (Fsp3) is 0.120. The monoisotopic (exact) mass is 451 g/mol. The van der Waals surface area contributed by atoms with Gasteiger partial charge in [-0.05, 0) is 59.7 Å². The van der Waals surface area contributed by atoms with Crippen LogP contribution in [0.2, 0.25) is 5.02 Å². The number of halogens is 1. The second-order valence-corrected chi connectivity index (χ2v) is 7.16. The van der Waals surface area contributed by atoms with Gasteiger partial charge < -0.3 is 19.5 Å². The summed E-state index contributed by atoms with van der Waals surface area (Å²) in [6.07, 6.45) is 3.05. The molecule has 1 amide bonds. The van der Waals surface area contributed by atoms with Crippen molar-refractivity contribution < 1.29 is 23.8 Å². The fourth-order valence-corrected chi connectivity index (χ4v) is 2.97. The Bertz CT molecular complexity index is 1130. The molecule has 0 heterocycles. The van der Waals surface area contributed by atoms with Gasteiger partial charge in [-0.2, -0.15) is 0 Å². The molecule has 32 heavy (non-hydrogen) atoms. The number of anilines is 1. The maximum Gasteiger partial charge on any atom is 0.337 e. The van der Waals surface area contributed by atoms with Gasteiger partial charge in [0.2, 0.25) is 5.91 Å². The topological polar surface area (TPSA) is 73.9 Å². The quantitative estimate of drug-likeness (QED) is 0.368. The number of amides is 1. The van der Waals surface area contributed by atoms with Crippen LogP contribution in [0, 0.1) is 0 Å². The number of carbonyl (C=O) groups excluding carboxylic acids is 2. The average molecular weight is 452 g/mol. The summed E-state index contributed by atoms with van der Waals surface area (Å²) in [5.74, 6) is 0.326. The minimum atomic E-state index is -0.470. The number of carbonyl (C=O) groups is 2. The molecule has 0 fully saturated rings. The Morgan fingerprint density at radius 2 is 1.75 bits per heavy atom. The van der Waals surface area contributed by atoms with Gasteiger partial charge in [-0.25, -0.2) is 4.79 Å². The Labute approximate surface area is 191 Å². The van der Waals surface area contributed by atoms with E-state index in [-0.39, 0.29) is 5.91 Å². The lowest BCUT2D eigenvalue weighted by Crippen LogP contribution is -2.09. The summed E-state index contributed by atoms with van der Waals surface area (Å²) in [5.41, 5.74) is 2.59. The van der Waals surface area contributed by atoms with E-state index in [0.29, 0.717) is 34.4 Å². The van der Waals surface area contributed by atoms with Gasteiger partial charge in [0, 0.05) is 16.8 Å². The molecule has 0 unspecified atom stereocenters. The molecule has 164 valence electrons. The summed E-state index contributed by atoms with van der Waals surface area (Å²) in [7, 11) is 2.86. The molecule has 3 aromatic carbocycles. The normalized spacial score (nSPS) is 10.6. The van der Waals surface area contributed by atoms with Crippen LogP contribution in [0.15, 0.2) is 72.8 Å². The highest BCUT2D eigenvalue weighted by Crippen LogP contribution is 2.29. The van der Waals surface area contributed by atoms with Crippen molar-refractivity contribution in [2.24, 2.45) is 0 Å². The van der Waals surface area contributed by atoms with Crippen LogP contribution in [-0.4, -0.2) is 26.1 Å². The first-order chi connectivity index (χ1) is 15.5. The molecule has 3 rings (SSSR count). The Morgan fingerprint density at radius 3 is 2.47 bits per heavy atom. The zero-order valence-corrected chi connectivity index (χ0v) is 18.4. The third-order valence-corrected chi connectivity index (χ3v) is 4.73. The maximum atomic E-state index is 12.3. The van der Waals surface area contributed by atoms with Crippen molar-refractivity contribution in [3.63, 3.8) is 0 Å². The summed E-state index contributed by atoms with van der Waals surface area (Å²) in [6, 6.07) is 19.3. The number of rotatable bonds is 8. The van der Waals surface area contributed by atoms with Crippen molar-refractivity contribution in [2.75, 3.05) is 19.5 Å². The molecular weight excluding hydrogens is 430 g/mol. The molecule has 0 aliphatic rings. The molecule has 0 aromatic heterocycles. The number of esters is 1. The Balaban J connectivity index is 1.63. The SMILES string of the molecule is COC(=O)c1cccc(NC(=O)C=Cc2ccc(OCc3ccc(Cl)cc3)c(OC)c2)c1. The van der Waals surface area contributed by atoms with E-state index < -0.39 is 5.97 Å². The number of nitrogens with one attached hydrogen (secondary N) is 1. The van der Waals surface area contributed by atoms with Crippen LogP contribution in [0.4, 0.5) is 5.69 Å². The van der Waals surface area contributed by atoms with Crippen molar-refractivity contribution in [3.8, 4) is 11.5 Å². The predicted octanol–water partition coefficient (Wildman–Crippen LogP) is 5.37. The van der Waals surface area contributed by atoms with Crippen molar-refractivity contribution >= 4 is 35.2 Å². The van der Waals surface area contributed by atoms with Gasteiger partial charge in [0.25, 0.3) is 0 Å². The van der Waals surface area contributed by atoms with Crippen LogP contribution in [0.1, 0.15) is 21.5 Å². The minimum absolute atomic E-state index is 0.339. The average Bonchev–Trinajstić information content (AvgIpc) is 2.82. The van der Waals surface area contributed by atoms with Gasteiger partial charge in [-0.1, -0.05) is 35.9 Å². The highest BCUT2D eigenvalue weighted by molar-refractivity contribution is 6.30. The third-order valence-electron chi connectivity index (χ3n) is 4.47. The van der Waals surface area contributed by atoms with Crippen LogP contribution in [0.3, 0.4) is 0 Å². The fourth-order valence-electron chi connectivity index (χ4n) is 2.85. The first-order valence-corrected chi connectivity index (χ1v) is 10.1. The van der Waals surface area contributed by atoms with Crippen LogP contribution < -0.4 is 14.8 Å². The summed E-state index contributed by atoms with van der Waals surface area (Å²) >= 11 is 5.90. The lowest BCUT2D eigenvalue weighted by atomic mass is 10.1. The molecule has 0 aliphatic carbocycles. The number of ether oxygens (including phenoxy) is 3. The molecular formula is C25H22ClNO5. The lowest BCUT2D eigenvalue weighted by Gasteiger charge is -2.11. The highest BCUT2D eigenvalue weighted by Gasteiger charge is 2.08. The van der Waals surface area contributed by atoms with Crippen LogP contribution in [-0.2, 0) is 16.1 Å². The molecule has 1 N–H and O–H groups in total. The Hall–Kier alpha value is -3.77. The van der Waals surface area contributed by atoms with Gasteiger partial charge in [0.15, 0.2) is 11.5 Å². The predicted molar refractivity (Wildman–Crippen MR) is 124 cm³/mol. The molecule has 0 aliphatic heterocycles. The molecule has 0 spiro atoms. The molecule has 0 saturated heterocycles. The second kappa shape index (κ2) is 11.0. The lowest BCUT2D eigenvalue weighted by molar-refractivity contribution is -0.111. The molecule has 0 saturated carbocycles. The van der Waals surface area contributed by atoms with E-state index >= 15 is 0 Å². The largest absolute Gasteiger partial charge is 0.493 e. The molecule has 0 atom stereocenters. The van der Waals surface area contributed by atoms with Crippen LogP contribution in [0.5, 0.6) is 11.5 Å². The molecule has 0 radical (unpaired) electrons. The minimum Gasteiger partial charge on any atom is -0.493 e. The Kier molecular flexibility index (Phi) is 7.89. The molecule has 0 bridgehead atoms. The molecule has 3 aromatic rings. The number of methoxy groups -OCH3 is 2. The van der Waals surface area contributed by atoms with Gasteiger partial charge in [0.1, 0.15) is 6.61 Å². The van der Waals surface area contributed by atoms with Gasteiger partial charge in [-0.15, -0.1) is 0 Å². The van der Waals surface area contributed by atoms with Crippen LogP contribution >= 0.6 is 11.6 Å². The van der Waals surface area contributed by atoms with E-state index in [1.807, 2.05) is 30.3 Å². The number of benzene rings is 3. The first-order valence-electron chi connectivity index (χ1n) is 9.71. The molecule has 7 heteroatoms. The zero-order valence-electron chi connectivity index (χ0n) is 17.6. The van der Waals surface area contributed by atoms with E-state index in [2.05, 4.69) is 10.1 Å². The smallest absolute Gasteiger partial charge is 0.337 e. The van der Waals surface area contributed by atoms with E-state index in [1.54, 1.807) is 49.6 Å². The van der Waals surface area contributed by atoms with Crippen LogP contribution in [0.25, 0.3) is 6.08 Å². The first kappa shape index (κ1) is 22.9. The van der Waals surface area contributed by atoms with Gasteiger partial charge >= 0.3 is 5.97 Å². The van der Waals surface area contributed by atoms with E-state index in [0.717, 1.165) is 11.1 Å². The standard InChI is InChI=1S/C25H22ClNO5/c1-30-23-14-17(8-12-22(23)32-16-18-6-10-20(26)11-7-18)9-13-24(28)27-21-5-3-4-19(15-21)25(29)31-2/h3-15H,16H2,1-2H3,(H,27,28). The van der Waals surface area contributed by atoms with Gasteiger partial charge in [0.05, 0.1) is 19.8 Å². The number of hydrogen-bond donors (Lipinski definition) is 1. The van der Waals surface area contributed by atoms with E-state index in [4.69, 9.17) is 21.1 Å². The summed E-state index contributed by atoms with van der Waals surface area (Å²) in [4.78, 5) is 23.9. The summed E-state index contributed by atoms with van der Waals surface area (Å²) in [6.45, 7) is 0.371. The summed E-state index contributed by atoms with van der Waals surface area (Å²) in [5, 5.41) is 3.38. The third kappa shape index (κ3) is 6.36. The highest BCUT2D eigenvalue weighted by atomic mass is 35.5. The Morgan fingerprint density at radius 1 is 0.969 bits per heavy atom. The van der Waals surface area contributed by atoms with Crippen molar-refractivity contribution in [1.82, 2.24) is 0 Å². The van der Waals surface area contributed by atoms with E-state index in [1.165, 1.54) is 13.2 Å². The van der Waals surface area contributed by atoms with Crippen molar-refractivity contribution in [2.45, 2.75) is 6.61 Å². The maximum absolute atomic E-state index is 12.3. The summed E-state index contributed by atoms with van der Waals surface area (Å²) < 4.78 is 15.9.